The number of aromatic hydroxyl groups is 1. The molecule has 0 bridgehead atoms. The number of amides is 1. The third-order valence-corrected chi connectivity index (χ3v) is 4.27. The Morgan fingerprint density at radius 1 is 1.19 bits per heavy atom. The van der Waals surface area contributed by atoms with Gasteiger partial charge < -0.3 is 15.7 Å². The number of phenolic OH excluding ortho intramolecular Hbond substituents is 1. The first-order valence-corrected chi connectivity index (χ1v) is 7.33. The maximum absolute atomic E-state index is 12.5. The summed E-state index contributed by atoms with van der Waals surface area (Å²) < 4.78 is 0. The molecule has 1 heterocycles. The lowest BCUT2D eigenvalue weighted by molar-refractivity contribution is 0.0885. The van der Waals surface area contributed by atoms with Crippen LogP contribution in [0, 0.1) is 0 Å². The highest BCUT2D eigenvalue weighted by molar-refractivity contribution is 6.03. The molecular formula is C17H20N2O2. The smallest absolute Gasteiger partial charge is 0.255 e. The summed E-state index contributed by atoms with van der Waals surface area (Å²) in [6.45, 7) is 3.87. The molecule has 1 saturated heterocycles. The second-order valence-corrected chi connectivity index (χ2v) is 5.95. The first-order chi connectivity index (χ1) is 10.1. The molecule has 0 spiro atoms. The van der Waals surface area contributed by atoms with Crippen molar-refractivity contribution >= 4 is 16.7 Å². The molecule has 4 heteroatoms. The van der Waals surface area contributed by atoms with Gasteiger partial charge in [-0.1, -0.05) is 30.3 Å². The molecule has 0 aromatic heterocycles. The molecule has 0 aliphatic carbocycles. The van der Waals surface area contributed by atoms with Crippen molar-refractivity contribution < 1.29 is 9.90 Å². The topological polar surface area (TPSA) is 61.4 Å². The number of rotatable bonds is 2. The first-order valence-electron chi connectivity index (χ1n) is 7.33. The van der Waals surface area contributed by atoms with E-state index in [1.165, 1.54) is 0 Å². The number of phenols is 1. The lowest BCUT2D eigenvalue weighted by Crippen LogP contribution is -2.52. The second kappa shape index (κ2) is 5.37. The predicted octanol–water partition coefficient (Wildman–Crippen LogP) is 2.42. The molecule has 1 amide bonds. The number of carbonyl (C=O) groups excluding carboxylic acids is 1. The minimum Gasteiger partial charge on any atom is -0.506 e. The summed E-state index contributed by atoms with van der Waals surface area (Å²) in [6, 6.07) is 11.1. The normalized spacial score (nSPS) is 17.6. The van der Waals surface area contributed by atoms with Gasteiger partial charge in [0.2, 0.25) is 0 Å². The van der Waals surface area contributed by atoms with Crippen LogP contribution in [0.5, 0.6) is 5.75 Å². The largest absolute Gasteiger partial charge is 0.506 e. The number of benzene rings is 2. The van der Waals surface area contributed by atoms with Crippen LogP contribution in [0.1, 0.15) is 30.1 Å². The Kier molecular flexibility index (Phi) is 3.55. The van der Waals surface area contributed by atoms with Crippen LogP contribution in [-0.2, 0) is 0 Å². The third-order valence-electron chi connectivity index (χ3n) is 4.27. The van der Waals surface area contributed by atoms with Crippen molar-refractivity contribution in [2.24, 2.45) is 0 Å². The molecule has 3 N–H and O–H groups in total. The van der Waals surface area contributed by atoms with E-state index in [9.17, 15) is 9.90 Å². The quantitative estimate of drug-likeness (QED) is 0.793. The van der Waals surface area contributed by atoms with E-state index in [-0.39, 0.29) is 17.2 Å². The van der Waals surface area contributed by atoms with Gasteiger partial charge in [0.25, 0.3) is 5.91 Å². The van der Waals surface area contributed by atoms with Gasteiger partial charge in [-0.25, -0.2) is 0 Å². The van der Waals surface area contributed by atoms with Gasteiger partial charge in [-0.05, 0) is 44.3 Å². The number of hydrogen-bond acceptors (Lipinski definition) is 3. The molecule has 1 fully saturated rings. The average Bonchev–Trinajstić information content (AvgIpc) is 2.48. The zero-order valence-corrected chi connectivity index (χ0v) is 12.1. The van der Waals surface area contributed by atoms with Gasteiger partial charge in [-0.15, -0.1) is 0 Å². The average molecular weight is 284 g/mol. The van der Waals surface area contributed by atoms with Crippen LogP contribution >= 0.6 is 0 Å². The molecule has 0 atom stereocenters. The third kappa shape index (κ3) is 2.72. The fourth-order valence-electron chi connectivity index (χ4n) is 2.88. The summed E-state index contributed by atoms with van der Waals surface area (Å²) >= 11 is 0. The Morgan fingerprint density at radius 2 is 1.90 bits per heavy atom. The Balaban J connectivity index is 1.89. The molecule has 3 rings (SSSR count). The van der Waals surface area contributed by atoms with Crippen LogP contribution in [0.25, 0.3) is 10.8 Å². The monoisotopic (exact) mass is 284 g/mol. The van der Waals surface area contributed by atoms with Gasteiger partial charge >= 0.3 is 0 Å². The zero-order chi connectivity index (χ0) is 14.9. The highest BCUT2D eigenvalue weighted by Crippen LogP contribution is 2.29. The van der Waals surface area contributed by atoms with E-state index in [0.717, 1.165) is 31.3 Å². The van der Waals surface area contributed by atoms with E-state index in [0.29, 0.717) is 10.9 Å². The van der Waals surface area contributed by atoms with Gasteiger partial charge in [0, 0.05) is 10.9 Å². The van der Waals surface area contributed by atoms with Crippen molar-refractivity contribution in [2.75, 3.05) is 13.1 Å². The molecular weight excluding hydrogens is 264 g/mol. The summed E-state index contributed by atoms with van der Waals surface area (Å²) in [5.41, 5.74) is 0.133. The highest BCUT2D eigenvalue weighted by atomic mass is 16.3. The van der Waals surface area contributed by atoms with Crippen molar-refractivity contribution in [3.05, 3.63) is 42.0 Å². The number of hydrogen-bond donors (Lipinski definition) is 3. The summed E-state index contributed by atoms with van der Waals surface area (Å²) in [5.74, 6) is -0.147. The van der Waals surface area contributed by atoms with E-state index in [1.54, 1.807) is 6.07 Å². The zero-order valence-electron chi connectivity index (χ0n) is 12.1. The fourth-order valence-corrected chi connectivity index (χ4v) is 2.88. The van der Waals surface area contributed by atoms with Crippen molar-refractivity contribution in [1.82, 2.24) is 10.6 Å². The van der Waals surface area contributed by atoms with Crippen molar-refractivity contribution in [2.45, 2.75) is 25.3 Å². The number of carbonyl (C=O) groups is 1. The van der Waals surface area contributed by atoms with E-state index in [1.807, 2.05) is 30.3 Å². The van der Waals surface area contributed by atoms with Crippen LogP contribution in [-0.4, -0.2) is 29.6 Å². The standard InChI is InChI=1S/C17H20N2O2/c1-17(8-10-18-11-9-17)19-16(21)14-7-6-12-4-2-3-5-13(12)15(14)20/h2-7,18,20H,8-11H2,1H3,(H,19,21). The van der Waals surface area contributed by atoms with Crippen LogP contribution in [0.15, 0.2) is 36.4 Å². The van der Waals surface area contributed by atoms with Gasteiger partial charge in [-0.2, -0.15) is 0 Å². The van der Waals surface area contributed by atoms with Gasteiger partial charge in [0.1, 0.15) is 5.75 Å². The molecule has 21 heavy (non-hydrogen) atoms. The van der Waals surface area contributed by atoms with Crippen LogP contribution < -0.4 is 10.6 Å². The van der Waals surface area contributed by atoms with Crippen molar-refractivity contribution in [3.63, 3.8) is 0 Å². The van der Waals surface area contributed by atoms with E-state index in [2.05, 4.69) is 17.6 Å². The van der Waals surface area contributed by atoms with Crippen LogP contribution in [0.3, 0.4) is 0 Å². The lowest BCUT2D eigenvalue weighted by Gasteiger charge is -2.35. The molecule has 1 aliphatic heterocycles. The second-order valence-electron chi connectivity index (χ2n) is 5.95. The Morgan fingerprint density at radius 3 is 2.67 bits per heavy atom. The minimum atomic E-state index is -0.208. The van der Waals surface area contributed by atoms with Crippen molar-refractivity contribution in [3.8, 4) is 5.75 Å². The van der Waals surface area contributed by atoms with E-state index in [4.69, 9.17) is 0 Å². The SMILES string of the molecule is CC1(NC(=O)c2ccc3ccccc3c2O)CCNCC1. The first kappa shape index (κ1) is 13.9. The summed E-state index contributed by atoms with van der Waals surface area (Å²) in [4.78, 5) is 12.5. The maximum atomic E-state index is 12.5. The van der Waals surface area contributed by atoms with Crippen LogP contribution in [0.2, 0.25) is 0 Å². The van der Waals surface area contributed by atoms with E-state index >= 15 is 0 Å². The Bertz CT molecular complexity index is 676. The molecule has 2 aromatic rings. The maximum Gasteiger partial charge on any atom is 0.255 e. The van der Waals surface area contributed by atoms with Crippen molar-refractivity contribution in [1.29, 1.82) is 0 Å². The summed E-state index contributed by atoms with van der Waals surface area (Å²) in [5, 5.41) is 18.4. The fraction of sp³-hybridized carbons (Fsp3) is 0.353. The molecule has 2 aromatic carbocycles. The highest BCUT2D eigenvalue weighted by Gasteiger charge is 2.29. The lowest BCUT2D eigenvalue weighted by atomic mass is 9.90. The molecule has 1 aliphatic rings. The van der Waals surface area contributed by atoms with Gasteiger partial charge in [0.15, 0.2) is 0 Å². The molecule has 4 nitrogen and oxygen atoms in total. The number of nitrogens with one attached hydrogen (secondary N) is 2. The molecule has 0 radical (unpaired) electrons. The van der Waals surface area contributed by atoms with Crippen LogP contribution in [0.4, 0.5) is 0 Å². The van der Waals surface area contributed by atoms with E-state index < -0.39 is 0 Å². The number of piperidine rings is 1. The van der Waals surface area contributed by atoms with Gasteiger partial charge in [-0.3, -0.25) is 4.79 Å². The summed E-state index contributed by atoms with van der Waals surface area (Å²) in [6.07, 6.45) is 1.79. The minimum absolute atomic E-state index is 0.0585. The molecule has 110 valence electrons. The predicted molar refractivity (Wildman–Crippen MR) is 83.6 cm³/mol. The van der Waals surface area contributed by atoms with Gasteiger partial charge in [0.05, 0.1) is 5.56 Å². The Labute approximate surface area is 124 Å². The molecule has 0 unspecified atom stereocenters. The molecule has 0 saturated carbocycles. The number of fused-ring (bicyclic) bond motifs is 1. The Hall–Kier alpha value is -2.07. The summed E-state index contributed by atoms with van der Waals surface area (Å²) in [7, 11) is 0.